The molecular formula is C35H51FN6O3. The first-order valence-corrected chi connectivity index (χ1v) is 16.7. The molecule has 3 aliphatic heterocycles. The van der Waals surface area contributed by atoms with Crippen molar-refractivity contribution in [2.24, 2.45) is 5.92 Å². The Kier molecular flexibility index (Phi) is 11.6. The average molecular weight is 623 g/mol. The lowest BCUT2D eigenvalue weighted by atomic mass is 9.91. The van der Waals surface area contributed by atoms with E-state index in [-0.39, 0.29) is 18.1 Å². The molecule has 0 aliphatic carbocycles. The molecule has 1 unspecified atom stereocenters. The van der Waals surface area contributed by atoms with Gasteiger partial charge in [-0.25, -0.2) is 4.39 Å². The quantitative estimate of drug-likeness (QED) is 0.270. The van der Waals surface area contributed by atoms with Gasteiger partial charge in [-0.2, -0.15) is 0 Å². The van der Waals surface area contributed by atoms with Crippen molar-refractivity contribution in [1.29, 1.82) is 0 Å². The summed E-state index contributed by atoms with van der Waals surface area (Å²) in [5.41, 5.74) is 9.11. The first-order valence-electron chi connectivity index (χ1n) is 16.7. The predicted molar refractivity (Wildman–Crippen MR) is 179 cm³/mol. The first kappa shape index (κ1) is 33.0. The Morgan fingerprint density at radius 3 is 2.24 bits per heavy atom. The zero-order valence-corrected chi connectivity index (χ0v) is 27.1. The maximum Gasteiger partial charge on any atom is 0.227 e. The second kappa shape index (κ2) is 15.8. The van der Waals surface area contributed by atoms with E-state index in [9.17, 15) is 9.59 Å². The van der Waals surface area contributed by atoms with E-state index in [4.69, 9.17) is 10.5 Å². The van der Waals surface area contributed by atoms with Gasteiger partial charge in [-0.3, -0.25) is 9.69 Å². The Balaban J connectivity index is 1.01. The number of carbonyl (C=O) groups is 2. The van der Waals surface area contributed by atoms with Crippen LogP contribution in [0.2, 0.25) is 0 Å². The van der Waals surface area contributed by atoms with E-state index in [1.165, 1.54) is 24.9 Å². The lowest BCUT2D eigenvalue weighted by molar-refractivity contribution is -0.122. The fourth-order valence-electron chi connectivity index (χ4n) is 7.41. The molecule has 1 amide bonds. The number of ether oxygens (including phenoxy) is 1. The van der Waals surface area contributed by atoms with Gasteiger partial charge in [-0.15, -0.1) is 0 Å². The van der Waals surface area contributed by atoms with Crippen molar-refractivity contribution in [1.82, 2.24) is 15.1 Å². The van der Waals surface area contributed by atoms with Crippen LogP contribution in [0.1, 0.15) is 56.4 Å². The van der Waals surface area contributed by atoms with Crippen LogP contribution in [0.5, 0.6) is 5.75 Å². The number of piperazine rings is 1. The normalized spacial score (nSPS) is 19.8. The molecule has 246 valence electrons. The number of likely N-dealkylation sites (N-methyl/N-ethyl adjacent to an activating group) is 1. The number of benzene rings is 2. The minimum Gasteiger partial charge on any atom is -0.495 e. The molecular weight excluding hydrogens is 571 g/mol. The van der Waals surface area contributed by atoms with E-state index in [0.717, 1.165) is 89.5 Å². The fourth-order valence-corrected chi connectivity index (χ4v) is 7.41. The minimum absolute atomic E-state index is 0.227. The Morgan fingerprint density at radius 2 is 1.62 bits per heavy atom. The summed E-state index contributed by atoms with van der Waals surface area (Å²) in [6, 6.07) is 12.0. The summed E-state index contributed by atoms with van der Waals surface area (Å²) in [6.07, 6.45) is 7.13. The van der Waals surface area contributed by atoms with E-state index in [0.29, 0.717) is 29.6 Å². The summed E-state index contributed by atoms with van der Waals surface area (Å²) < 4.78 is 20.6. The average Bonchev–Trinajstić information content (AvgIpc) is 3.08. The molecule has 3 heterocycles. The highest BCUT2D eigenvalue weighted by Crippen LogP contribution is 2.32. The monoisotopic (exact) mass is 622 g/mol. The second-order valence-electron chi connectivity index (χ2n) is 12.9. The summed E-state index contributed by atoms with van der Waals surface area (Å²) in [6.45, 7) is 9.70. The molecule has 2 aromatic carbocycles. The van der Waals surface area contributed by atoms with Crippen molar-refractivity contribution >= 4 is 29.3 Å². The van der Waals surface area contributed by atoms with Crippen LogP contribution in [0.15, 0.2) is 36.4 Å². The number of hydrogen-bond acceptors (Lipinski definition) is 8. The molecule has 1 atom stereocenters. The summed E-state index contributed by atoms with van der Waals surface area (Å²) >= 11 is 0. The highest BCUT2D eigenvalue weighted by Gasteiger charge is 2.29. The van der Waals surface area contributed by atoms with Gasteiger partial charge in [0.15, 0.2) is 0 Å². The smallest absolute Gasteiger partial charge is 0.227 e. The number of nitrogens with two attached hydrogens (primary N) is 1. The van der Waals surface area contributed by atoms with Crippen LogP contribution in [-0.2, 0) is 9.59 Å². The third-order valence-corrected chi connectivity index (χ3v) is 10.3. The first-order chi connectivity index (χ1) is 21.9. The van der Waals surface area contributed by atoms with Crippen LogP contribution >= 0.6 is 0 Å². The number of amides is 1. The third kappa shape index (κ3) is 8.27. The number of halogens is 1. The molecule has 2 aromatic rings. The van der Waals surface area contributed by atoms with Crippen molar-refractivity contribution in [2.45, 2.75) is 56.9 Å². The molecule has 0 aromatic heterocycles. The number of anilines is 3. The Morgan fingerprint density at radius 1 is 0.978 bits per heavy atom. The molecule has 3 aliphatic rings. The van der Waals surface area contributed by atoms with Crippen LogP contribution in [0.25, 0.3) is 0 Å². The number of nitrogen functional groups attached to an aromatic ring is 1. The predicted octanol–water partition coefficient (Wildman–Crippen LogP) is 4.12. The largest absolute Gasteiger partial charge is 0.495 e. The van der Waals surface area contributed by atoms with E-state index >= 15 is 4.39 Å². The topological polar surface area (TPSA) is 94.4 Å². The second-order valence-corrected chi connectivity index (χ2v) is 12.9. The van der Waals surface area contributed by atoms with Gasteiger partial charge in [0.25, 0.3) is 0 Å². The number of nitrogens with zero attached hydrogens (tertiary/aromatic N) is 4. The lowest BCUT2D eigenvalue weighted by Gasteiger charge is -2.43. The van der Waals surface area contributed by atoms with Crippen molar-refractivity contribution in [3.8, 4) is 5.75 Å². The van der Waals surface area contributed by atoms with Gasteiger partial charge in [0.05, 0.1) is 18.7 Å². The van der Waals surface area contributed by atoms with E-state index in [1.54, 1.807) is 26.3 Å². The number of rotatable bonds is 12. The Hall–Kier alpha value is -3.37. The number of nitrogens with one attached hydrogen (secondary N) is 1. The molecule has 3 saturated heterocycles. The highest BCUT2D eigenvalue weighted by molar-refractivity contribution is 5.83. The highest BCUT2D eigenvalue weighted by atomic mass is 19.1. The van der Waals surface area contributed by atoms with Gasteiger partial charge in [0.1, 0.15) is 17.9 Å². The molecule has 0 spiro atoms. The lowest BCUT2D eigenvalue weighted by Crippen LogP contribution is -2.53. The molecule has 10 heteroatoms. The Labute approximate surface area is 267 Å². The van der Waals surface area contributed by atoms with Gasteiger partial charge < -0.3 is 35.3 Å². The number of carbonyl (C=O) groups excluding carboxylic acids is 2. The van der Waals surface area contributed by atoms with Crippen LogP contribution in [0.3, 0.4) is 0 Å². The van der Waals surface area contributed by atoms with E-state index in [2.05, 4.69) is 37.0 Å². The Bertz CT molecular complexity index is 1270. The summed E-state index contributed by atoms with van der Waals surface area (Å²) in [5, 5.41) is 2.60. The molecule has 0 radical (unpaired) electrons. The zero-order chi connectivity index (χ0) is 31.8. The van der Waals surface area contributed by atoms with Crippen molar-refractivity contribution in [2.75, 3.05) is 88.6 Å². The molecule has 9 nitrogen and oxygen atoms in total. The van der Waals surface area contributed by atoms with Crippen LogP contribution in [0.4, 0.5) is 21.5 Å². The number of piperidine rings is 2. The number of methoxy groups -OCH3 is 1. The number of aldehydes is 1. The minimum atomic E-state index is -0.653. The van der Waals surface area contributed by atoms with Crippen LogP contribution in [-0.4, -0.2) is 101 Å². The van der Waals surface area contributed by atoms with Crippen molar-refractivity contribution in [3.63, 3.8) is 0 Å². The maximum atomic E-state index is 15.1. The van der Waals surface area contributed by atoms with E-state index < -0.39 is 5.92 Å². The molecule has 45 heavy (non-hydrogen) atoms. The van der Waals surface area contributed by atoms with Gasteiger partial charge in [-0.05, 0) is 75.3 Å². The number of hydrogen-bond donors (Lipinski definition) is 2. The molecule has 3 fully saturated rings. The molecule has 3 N–H and O–H groups in total. The fraction of sp³-hybridized carbons (Fsp3) is 0.600. The van der Waals surface area contributed by atoms with Crippen LogP contribution < -0.4 is 25.6 Å². The van der Waals surface area contributed by atoms with Gasteiger partial charge in [-0.1, -0.05) is 6.07 Å². The van der Waals surface area contributed by atoms with Gasteiger partial charge >= 0.3 is 0 Å². The molecule has 0 saturated carbocycles. The van der Waals surface area contributed by atoms with Gasteiger partial charge in [0.2, 0.25) is 5.91 Å². The summed E-state index contributed by atoms with van der Waals surface area (Å²) in [7, 11) is 3.21. The van der Waals surface area contributed by atoms with Crippen molar-refractivity contribution < 1.29 is 18.7 Å². The summed E-state index contributed by atoms with van der Waals surface area (Å²) in [5.74, 6) is 0.157. The van der Waals surface area contributed by atoms with Gasteiger partial charge in [0, 0.05) is 94.9 Å². The van der Waals surface area contributed by atoms with E-state index in [1.807, 2.05) is 12.1 Å². The SMILES string of the molecule is CNC(=O)C(CCC=O)c1ccc(N2CCC(CCN3CCN(C4CCN(c5ccc(N)c(OC)c5)CC4)CC3)CC2)cc1F. The summed E-state index contributed by atoms with van der Waals surface area (Å²) in [4.78, 5) is 33.2. The molecule has 0 bridgehead atoms. The standard InChI is InChI=1S/C35H51FN6O3/c1-38-35(44)31(4-3-23-43)30-7-5-28(24-32(30)36)40-15-10-26(11-16-40)9-14-39-19-21-42(22-20-39)27-12-17-41(18-13-27)29-6-8-33(37)34(25-29)45-2/h5-8,23-27,31H,3-4,9-22,37H2,1-2H3,(H,38,44). The zero-order valence-electron chi connectivity index (χ0n) is 27.1. The van der Waals surface area contributed by atoms with Crippen LogP contribution in [0, 0.1) is 11.7 Å². The molecule has 5 rings (SSSR count). The third-order valence-electron chi connectivity index (χ3n) is 10.3. The maximum absolute atomic E-state index is 15.1. The van der Waals surface area contributed by atoms with Crippen molar-refractivity contribution in [3.05, 3.63) is 47.8 Å².